The van der Waals surface area contributed by atoms with Crippen LogP contribution in [0.1, 0.15) is 12.5 Å². The summed E-state index contributed by atoms with van der Waals surface area (Å²) in [4.78, 5) is 49.2. The lowest BCUT2D eigenvalue weighted by Gasteiger charge is -2.26. The smallest absolute Gasteiger partial charge is 0.341 e. The molecule has 0 unspecified atom stereocenters. The van der Waals surface area contributed by atoms with E-state index in [1.54, 1.807) is 6.92 Å². The molecule has 1 saturated heterocycles. The van der Waals surface area contributed by atoms with Crippen molar-refractivity contribution in [3.63, 3.8) is 0 Å². The molecule has 0 aromatic heterocycles. The Balaban J connectivity index is 1.97. The van der Waals surface area contributed by atoms with Gasteiger partial charge in [-0.25, -0.2) is 14.5 Å². The molecule has 2 N–H and O–H groups in total. The highest BCUT2D eigenvalue weighted by Gasteiger charge is 2.37. The van der Waals surface area contributed by atoms with E-state index >= 15 is 0 Å². The van der Waals surface area contributed by atoms with Crippen molar-refractivity contribution in [2.75, 3.05) is 18.1 Å². The van der Waals surface area contributed by atoms with Gasteiger partial charge in [-0.05, 0) is 48.9 Å². The number of rotatable bonds is 7. The van der Waals surface area contributed by atoms with Crippen LogP contribution in [0.3, 0.4) is 0 Å². The first kappa shape index (κ1) is 23.1. The number of carboxylic acids is 1. The molecule has 1 aliphatic rings. The standard InChI is InChI=1S/C21H16Cl2N2O7/c1-2-31-17-8-11(3-6-16(17)32-10-18(26)27)7-13-19(28)24-21(30)25(20(13)29)12-4-5-14(22)15(23)9-12/h3-9H,2,10H2,1H3,(H,26,27)(H,24,28,30)/b13-7-. The summed E-state index contributed by atoms with van der Waals surface area (Å²) in [7, 11) is 0. The Bertz CT molecular complexity index is 1150. The molecule has 166 valence electrons. The summed E-state index contributed by atoms with van der Waals surface area (Å²) in [6.07, 6.45) is 1.28. The topological polar surface area (TPSA) is 122 Å². The second-order valence-corrected chi connectivity index (χ2v) is 7.19. The van der Waals surface area contributed by atoms with Gasteiger partial charge in [-0.3, -0.25) is 14.9 Å². The minimum Gasteiger partial charge on any atom is -0.490 e. The molecule has 0 atom stereocenters. The van der Waals surface area contributed by atoms with E-state index in [-0.39, 0.29) is 39.4 Å². The van der Waals surface area contributed by atoms with Crippen LogP contribution in [0.2, 0.25) is 10.0 Å². The fourth-order valence-electron chi connectivity index (χ4n) is 2.82. The average molecular weight is 479 g/mol. The van der Waals surface area contributed by atoms with Gasteiger partial charge in [0.1, 0.15) is 5.57 Å². The third-order valence-electron chi connectivity index (χ3n) is 4.19. The first-order valence-corrected chi connectivity index (χ1v) is 9.94. The van der Waals surface area contributed by atoms with E-state index in [0.29, 0.717) is 5.56 Å². The van der Waals surface area contributed by atoms with Crippen LogP contribution in [0, 0.1) is 0 Å². The van der Waals surface area contributed by atoms with Crippen molar-refractivity contribution in [3.05, 3.63) is 57.6 Å². The van der Waals surface area contributed by atoms with Crippen molar-refractivity contribution >= 4 is 58.8 Å². The molecule has 32 heavy (non-hydrogen) atoms. The van der Waals surface area contributed by atoms with E-state index in [0.717, 1.165) is 4.90 Å². The number of nitrogens with zero attached hydrogens (tertiary/aromatic N) is 1. The summed E-state index contributed by atoms with van der Waals surface area (Å²) in [5.74, 6) is -2.48. The molecule has 0 bridgehead atoms. The lowest BCUT2D eigenvalue weighted by Crippen LogP contribution is -2.54. The lowest BCUT2D eigenvalue weighted by molar-refractivity contribution is -0.139. The van der Waals surface area contributed by atoms with Crippen LogP contribution in [0.25, 0.3) is 6.08 Å². The summed E-state index contributed by atoms with van der Waals surface area (Å²) in [6.45, 7) is 1.43. The van der Waals surface area contributed by atoms with Crippen molar-refractivity contribution in [2.24, 2.45) is 0 Å². The minimum atomic E-state index is -1.16. The Morgan fingerprint density at radius 1 is 1.06 bits per heavy atom. The zero-order chi connectivity index (χ0) is 23.4. The van der Waals surface area contributed by atoms with Gasteiger partial charge < -0.3 is 14.6 Å². The Hall–Kier alpha value is -3.56. The second kappa shape index (κ2) is 9.71. The zero-order valence-electron chi connectivity index (χ0n) is 16.6. The molecule has 2 aromatic rings. The summed E-state index contributed by atoms with van der Waals surface area (Å²) < 4.78 is 10.6. The fourth-order valence-corrected chi connectivity index (χ4v) is 3.12. The molecular formula is C21H16Cl2N2O7. The van der Waals surface area contributed by atoms with Gasteiger partial charge in [0.05, 0.1) is 22.3 Å². The molecule has 4 amide bonds. The van der Waals surface area contributed by atoms with Gasteiger partial charge in [0.2, 0.25) is 0 Å². The van der Waals surface area contributed by atoms with E-state index in [4.69, 9.17) is 37.8 Å². The van der Waals surface area contributed by atoms with Crippen molar-refractivity contribution in [3.8, 4) is 11.5 Å². The lowest BCUT2D eigenvalue weighted by atomic mass is 10.1. The third kappa shape index (κ3) is 5.01. The van der Waals surface area contributed by atoms with Crippen LogP contribution in [0.4, 0.5) is 10.5 Å². The number of amides is 4. The SMILES string of the molecule is CCOc1cc(/C=C2/C(=O)NC(=O)N(c3ccc(Cl)c(Cl)c3)C2=O)ccc1OCC(=O)O. The quantitative estimate of drug-likeness (QED) is 0.460. The normalized spacial score (nSPS) is 15.0. The maximum Gasteiger partial charge on any atom is 0.341 e. The highest BCUT2D eigenvalue weighted by molar-refractivity contribution is 6.43. The van der Waals surface area contributed by atoms with Gasteiger partial charge in [-0.2, -0.15) is 0 Å². The molecular weight excluding hydrogens is 463 g/mol. The van der Waals surface area contributed by atoms with Crippen LogP contribution in [0.5, 0.6) is 11.5 Å². The number of carbonyl (C=O) groups excluding carboxylic acids is 3. The molecule has 0 radical (unpaired) electrons. The van der Waals surface area contributed by atoms with Crippen LogP contribution in [-0.2, 0) is 14.4 Å². The van der Waals surface area contributed by atoms with E-state index in [2.05, 4.69) is 5.32 Å². The molecule has 1 aliphatic heterocycles. The molecule has 0 saturated carbocycles. The molecule has 1 fully saturated rings. The van der Waals surface area contributed by atoms with Crippen molar-refractivity contribution in [1.82, 2.24) is 5.32 Å². The molecule has 11 heteroatoms. The number of urea groups is 1. The Kier molecular flexibility index (Phi) is 7.01. The molecule has 0 aliphatic carbocycles. The molecule has 3 rings (SSSR count). The number of benzene rings is 2. The van der Waals surface area contributed by atoms with E-state index in [1.165, 1.54) is 42.5 Å². The van der Waals surface area contributed by atoms with Gasteiger partial charge in [-0.15, -0.1) is 0 Å². The molecule has 2 aromatic carbocycles. The highest BCUT2D eigenvalue weighted by Crippen LogP contribution is 2.31. The first-order valence-electron chi connectivity index (χ1n) is 9.19. The number of hydrogen-bond donors (Lipinski definition) is 2. The number of aliphatic carboxylic acids is 1. The van der Waals surface area contributed by atoms with Gasteiger partial charge in [0.25, 0.3) is 11.8 Å². The van der Waals surface area contributed by atoms with Crippen molar-refractivity contribution in [2.45, 2.75) is 6.92 Å². The summed E-state index contributed by atoms with van der Waals surface area (Å²) >= 11 is 11.9. The number of carbonyl (C=O) groups is 4. The summed E-state index contributed by atoms with van der Waals surface area (Å²) in [5.41, 5.74) is 0.211. The number of nitrogens with one attached hydrogen (secondary N) is 1. The van der Waals surface area contributed by atoms with Crippen LogP contribution in [0.15, 0.2) is 42.0 Å². The number of barbiturate groups is 1. The van der Waals surface area contributed by atoms with Crippen LogP contribution < -0.4 is 19.7 Å². The molecule has 9 nitrogen and oxygen atoms in total. The third-order valence-corrected chi connectivity index (χ3v) is 4.93. The number of hydrogen-bond acceptors (Lipinski definition) is 6. The van der Waals surface area contributed by atoms with Crippen LogP contribution >= 0.6 is 23.2 Å². The van der Waals surface area contributed by atoms with Gasteiger partial charge >= 0.3 is 12.0 Å². The van der Waals surface area contributed by atoms with Gasteiger partial charge in [0, 0.05) is 0 Å². The maximum atomic E-state index is 13.0. The van der Waals surface area contributed by atoms with Gasteiger partial charge in [0.15, 0.2) is 18.1 Å². The van der Waals surface area contributed by atoms with E-state index in [9.17, 15) is 19.2 Å². The van der Waals surface area contributed by atoms with E-state index in [1.807, 2.05) is 0 Å². The minimum absolute atomic E-state index is 0.130. The number of anilines is 1. The fraction of sp³-hybridized carbons (Fsp3) is 0.143. The number of imide groups is 2. The Morgan fingerprint density at radius 3 is 2.47 bits per heavy atom. The summed E-state index contributed by atoms with van der Waals surface area (Å²) in [5, 5.41) is 11.3. The second-order valence-electron chi connectivity index (χ2n) is 6.38. The predicted molar refractivity (Wildman–Crippen MR) is 116 cm³/mol. The number of ether oxygens (including phenoxy) is 2. The Labute approximate surface area is 192 Å². The number of halogens is 2. The highest BCUT2D eigenvalue weighted by atomic mass is 35.5. The molecule has 0 spiro atoms. The van der Waals surface area contributed by atoms with Crippen LogP contribution in [-0.4, -0.2) is 42.1 Å². The van der Waals surface area contributed by atoms with Crippen molar-refractivity contribution < 1.29 is 33.8 Å². The average Bonchev–Trinajstić information content (AvgIpc) is 2.73. The van der Waals surface area contributed by atoms with Gasteiger partial charge in [-0.1, -0.05) is 29.3 Å². The summed E-state index contributed by atoms with van der Waals surface area (Å²) in [6, 6.07) is 7.68. The Morgan fingerprint density at radius 2 is 1.81 bits per heavy atom. The number of carboxylic acid groups (broad SMARTS) is 1. The predicted octanol–water partition coefficient (Wildman–Crippen LogP) is 3.52. The monoisotopic (exact) mass is 478 g/mol. The van der Waals surface area contributed by atoms with E-state index < -0.39 is 30.4 Å². The molecule has 1 heterocycles. The largest absolute Gasteiger partial charge is 0.490 e. The maximum absolute atomic E-state index is 13.0. The first-order chi connectivity index (χ1) is 15.2. The zero-order valence-corrected chi connectivity index (χ0v) is 18.1. The van der Waals surface area contributed by atoms with Crippen molar-refractivity contribution in [1.29, 1.82) is 0 Å².